The van der Waals surface area contributed by atoms with E-state index in [1.54, 1.807) is 35.2 Å². The van der Waals surface area contributed by atoms with Crippen molar-refractivity contribution in [3.05, 3.63) is 81.7 Å². The summed E-state index contributed by atoms with van der Waals surface area (Å²) in [6.07, 6.45) is 0.172. The lowest BCUT2D eigenvalue weighted by Gasteiger charge is -2.35. The van der Waals surface area contributed by atoms with Gasteiger partial charge in [-0.1, -0.05) is 41.9 Å². The minimum atomic E-state index is -0.998. The second kappa shape index (κ2) is 9.24. The molecule has 3 amide bonds. The number of halogens is 1. The Morgan fingerprint density at radius 3 is 2.74 bits per heavy atom. The second-order valence-electron chi connectivity index (χ2n) is 8.63. The van der Waals surface area contributed by atoms with E-state index >= 15 is 0 Å². The van der Waals surface area contributed by atoms with E-state index in [1.165, 1.54) is 0 Å². The molecule has 1 fully saturated rings. The molecule has 2 aliphatic rings. The van der Waals surface area contributed by atoms with Crippen LogP contribution in [0.5, 0.6) is 0 Å². The fourth-order valence-electron chi connectivity index (χ4n) is 4.62. The van der Waals surface area contributed by atoms with Crippen LogP contribution in [0.3, 0.4) is 0 Å². The second-order valence-corrected chi connectivity index (χ2v) is 10.2. The molecule has 2 atom stereocenters. The predicted molar refractivity (Wildman–Crippen MR) is 135 cm³/mol. The molecule has 1 spiro atoms. The summed E-state index contributed by atoms with van der Waals surface area (Å²) in [5.74, 6) is -0.609. The van der Waals surface area contributed by atoms with Gasteiger partial charge in [-0.15, -0.1) is 11.3 Å². The zero-order chi connectivity index (χ0) is 24.6. The van der Waals surface area contributed by atoms with E-state index in [4.69, 9.17) is 22.1 Å². The summed E-state index contributed by atoms with van der Waals surface area (Å²) in [7, 11) is 0. The average molecular weight is 511 g/mol. The van der Waals surface area contributed by atoms with Crippen LogP contribution < -0.4 is 16.4 Å². The third kappa shape index (κ3) is 4.69. The molecule has 0 saturated carbocycles. The van der Waals surface area contributed by atoms with Gasteiger partial charge < -0.3 is 20.7 Å². The third-order valence-corrected chi connectivity index (χ3v) is 7.43. The standard InChI is InChI=1S/C25H23ClN4O4S/c26-16-6-7-18-17(13-16)25(34-24(33)29-18)10-11-30(14-25)23(32)19(12-15-4-2-1-3-5-15)28-22(31)20-8-9-21(27)35-20/h1-9,13,19H,10-12,14,27H2,(H,28,31)(H,29,33)/t19-,25?/m0/s1. The number of ether oxygens (including phenoxy) is 1. The number of rotatable bonds is 5. The molecule has 3 heterocycles. The van der Waals surface area contributed by atoms with Crippen molar-refractivity contribution in [1.82, 2.24) is 10.2 Å². The van der Waals surface area contributed by atoms with Gasteiger partial charge in [-0.2, -0.15) is 0 Å². The van der Waals surface area contributed by atoms with E-state index in [0.717, 1.165) is 22.5 Å². The lowest BCUT2D eigenvalue weighted by Crippen LogP contribution is -2.50. The largest absolute Gasteiger partial charge is 0.436 e. The Morgan fingerprint density at radius 2 is 2.00 bits per heavy atom. The number of anilines is 2. The van der Waals surface area contributed by atoms with E-state index in [1.807, 2.05) is 30.3 Å². The van der Waals surface area contributed by atoms with Gasteiger partial charge >= 0.3 is 6.09 Å². The summed E-state index contributed by atoms with van der Waals surface area (Å²) in [6.45, 7) is 0.533. The molecule has 8 nitrogen and oxygen atoms in total. The molecular formula is C25H23ClN4O4S. The molecule has 180 valence electrons. The summed E-state index contributed by atoms with van der Waals surface area (Å²) in [5.41, 5.74) is 7.04. The average Bonchev–Trinajstić information content (AvgIpc) is 3.46. The van der Waals surface area contributed by atoms with Crippen LogP contribution in [0.15, 0.2) is 60.7 Å². The highest BCUT2D eigenvalue weighted by Crippen LogP contribution is 2.43. The highest BCUT2D eigenvalue weighted by Gasteiger charge is 2.49. The lowest BCUT2D eigenvalue weighted by atomic mass is 9.90. The first-order valence-electron chi connectivity index (χ1n) is 11.1. The summed E-state index contributed by atoms with van der Waals surface area (Å²) in [5, 5.41) is 6.61. The normalized spacial score (nSPS) is 19.6. The number of benzene rings is 2. The number of carbonyl (C=O) groups is 3. The van der Waals surface area contributed by atoms with Crippen LogP contribution in [-0.2, 0) is 21.6 Å². The maximum absolute atomic E-state index is 13.7. The minimum absolute atomic E-state index is 0.166. The number of hydrogen-bond acceptors (Lipinski definition) is 6. The number of carbonyl (C=O) groups excluding carboxylic acids is 3. The molecule has 0 aliphatic carbocycles. The lowest BCUT2D eigenvalue weighted by molar-refractivity contribution is -0.133. The highest BCUT2D eigenvalue weighted by atomic mass is 35.5. The number of hydrogen-bond donors (Lipinski definition) is 3. The van der Waals surface area contributed by atoms with E-state index in [-0.39, 0.29) is 18.4 Å². The molecule has 3 aromatic rings. The Bertz CT molecular complexity index is 1300. The predicted octanol–water partition coefficient (Wildman–Crippen LogP) is 4.01. The quantitative estimate of drug-likeness (QED) is 0.480. The molecule has 10 heteroatoms. The molecule has 1 aromatic heterocycles. The molecule has 0 radical (unpaired) electrons. The fraction of sp³-hybridized carbons (Fsp3) is 0.240. The number of thiophene rings is 1. The topological polar surface area (TPSA) is 114 Å². The number of fused-ring (bicyclic) bond motifs is 2. The fourth-order valence-corrected chi connectivity index (χ4v) is 5.47. The van der Waals surface area contributed by atoms with Gasteiger partial charge in [0, 0.05) is 30.0 Å². The van der Waals surface area contributed by atoms with Crippen molar-refractivity contribution < 1.29 is 19.1 Å². The Labute approximate surface area is 211 Å². The number of amides is 3. The Kier molecular flexibility index (Phi) is 6.12. The molecule has 0 bridgehead atoms. The SMILES string of the molecule is Nc1ccc(C(=O)N[C@@H](Cc2ccccc2)C(=O)N2CCC3(C2)OC(=O)Nc2ccc(Cl)cc23)s1. The Morgan fingerprint density at radius 1 is 1.20 bits per heavy atom. The molecule has 4 N–H and O–H groups in total. The van der Waals surface area contributed by atoms with Gasteiger partial charge in [0.15, 0.2) is 5.60 Å². The number of nitrogens with two attached hydrogens (primary N) is 1. The van der Waals surface area contributed by atoms with Crippen molar-refractivity contribution in [3.63, 3.8) is 0 Å². The first-order chi connectivity index (χ1) is 16.8. The molecule has 2 aliphatic heterocycles. The Hall–Kier alpha value is -3.56. The van der Waals surface area contributed by atoms with Crippen LogP contribution >= 0.6 is 22.9 Å². The van der Waals surface area contributed by atoms with Crippen LogP contribution in [0, 0.1) is 0 Å². The van der Waals surface area contributed by atoms with Gasteiger partial charge in [0.05, 0.1) is 22.1 Å². The van der Waals surface area contributed by atoms with Crippen molar-refractivity contribution in [1.29, 1.82) is 0 Å². The van der Waals surface area contributed by atoms with Crippen molar-refractivity contribution in [3.8, 4) is 0 Å². The number of nitrogens with one attached hydrogen (secondary N) is 2. The van der Waals surface area contributed by atoms with Gasteiger partial charge in [0.2, 0.25) is 5.91 Å². The van der Waals surface area contributed by atoms with Gasteiger partial charge in [-0.3, -0.25) is 14.9 Å². The number of likely N-dealkylation sites (tertiary alicyclic amines) is 1. The van der Waals surface area contributed by atoms with Crippen LogP contribution in [-0.4, -0.2) is 41.9 Å². The summed E-state index contributed by atoms with van der Waals surface area (Å²) >= 11 is 7.39. The van der Waals surface area contributed by atoms with Gasteiger partial charge in [0.1, 0.15) is 6.04 Å². The van der Waals surface area contributed by atoms with Crippen molar-refractivity contribution in [2.24, 2.45) is 0 Å². The van der Waals surface area contributed by atoms with E-state index in [0.29, 0.717) is 40.0 Å². The maximum atomic E-state index is 13.7. The first kappa shape index (κ1) is 23.2. The molecule has 35 heavy (non-hydrogen) atoms. The monoisotopic (exact) mass is 510 g/mol. The maximum Gasteiger partial charge on any atom is 0.412 e. The Balaban J connectivity index is 1.40. The van der Waals surface area contributed by atoms with Crippen LogP contribution in [0.2, 0.25) is 5.02 Å². The summed E-state index contributed by atoms with van der Waals surface area (Å²) in [6, 6.07) is 17.2. The molecule has 5 rings (SSSR count). The molecule has 1 unspecified atom stereocenters. The third-order valence-electron chi connectivity index (χ3n) is 6.28. The number of nitrogen functional groups attached to an aromatic ring is 1. The minimum Gasteiger partial charge on any atom is -0.436 e. The van der Waals surface area contributed by atoms with Crippen LogP contribution in [0.4, 0.5) is 15.5 Å². The smallest absolute Gasteiger partial charge is 0.412 e. The van der Waals surface area contributed by atoms with Crippen molar-refractivity contribution in [2.45, 2.75) is 24.5 Å². The van der Waals surface area contributed by atoms with Crippen LogP contribution in [0.1, 0.15) is 27.2 Å². The zero-order valence-corrected chi connectivity index (χ0v) is 20.2. The van der Waals surface area contributed by atoms with Gasteiger partial charge in [-0.05, 0) is 35.9 Å². The van der Waals surface area contributed by atoms with Crippen molar-refractivity contribution >= 4 is 51.5 Å². The van der Waals surface area contributed by atoms with E-state index in [9.17, 15) is 14.4 Å². The van der Waals surface area contributed by atoms with Crippen LogP contribution in [0.25, 0.3) is 0 Å². The van der Waals surface area contributed by atoms with Gasteiger partial charge in [-0.25, -0.2) is 4.79 Å². The molecule has 2 aromatic carbocycles. The molecule has 1 saturated heterocycles. The first-order valence-corrected chi connectivity index (χ1v) is 12.3. The van der Waals surface area contributed by atoms with Gasteiger partial charge in [0.25, 0.3) is 5.91 Å². The summed E-state index contributed by atoms with van der Waals surface area (Å²) in [4.78, 5) is 41.0. The molecular weight excluding hydrogens is 488 g/mol. The van der Waals surface area contributed by atoms with E-state index in [2.05, 4.69) is 10.6 Å². The number of nitrogens with zero attached hydrogens (tertiary/aromatic N) is 1. The summed E-state index contributed by atoms with van der Waals surface area (Å²) < 4.78 is 5.75. The highest BCUT2D eigenvalue weighted by molar-refractivity contribution is 7.17. The van der Waals surface area contributed by atoms with E-state index < -0.39 is 17.7 Å². The van der Waals surface area contributed by atoms with Crippen molar-refractivity contribution in [2.75, 3.05) is 24.1 Å². The zero-order valence-electron chi connectivity index (χ0n) is 18.6.